The van der Waals surface area contributed by atoms with Gasteiger partial charge in [-0.25, -0.2) is 17.9 Å². The van der Waals surface area contributed by atoms with Crippen molar-refractivity contribution in [2.45, 2.75) is 42.3 Å². The average molecular weight is 529 g/mol. The Hall–Kier alpha value is -3.20. The number of halogens is 3. The van der Waals surface area contributed by atoms with Crippen LogP contribution in [0.1, 0.15) is 12.5 Å². The van der Waals surface area contributed by atoms with Gasteiger partial charge in [-0.15, -0.1) is 0 Å². The van der Waals surface area contributed by atoms with Gasteiger partial charge in [-0.2, -0.15) is 13.2 Å². The Labute approximate surface area is 204 Å². The highest BCUT2D eigenvalue weighted by Crippen LogP contribution is 2.32. The molecule has 0 bridgehead atoms. The summed E-state index contributed by atoms with van der Waals surface area (Å²) in [7, 11) is -3.96. The third-order valence-electron chi connectivity index (χ3n) is 5.49. The molecule has 194 valence electrons. The van der Waals surface area contributed by atoms with Crippen molar-refractivity contribution in [2.75, 3.05) is 23.8 Å². The van der Waals surface area contributed by atoms with Crippen LogP contribution in [-0.4, -0.2) is 58.0 Å². The van der Waals surface area contributed by atoms with Crippen LogP contribution in [0.25, 0.3) is 0 Å². The molecule has 4 atom stereocenters. The topological polar surface area (TPSA) is 132 Å². The number of sulfonamides is 1. The average Bonchev–Trinajstić information content (AvgIpc) is 3.36. The van der Waals surface area contributed by atoms with Crippen LogP contribution in [0.5, 0.6) is 0 Å². The molecule has 2 heterocycles. The van der Waals surface area contributed by atoms with Crippen LogP contribution in [0, 0.1) is 0 Å². The number of fused-ring (bicyclic) bond motifs is 1. The quantitative estimate of drug-likeness (QED) is 0.524. The molecule has 3 N–H and O–H groups in total. The molecular weight excluding hydrogens is 507 g/mol. The lowest BCUT2D eigenvalue weighted by molar-refractivity contribution is -0.137. The van der Waals surface area contributed by atoms with Crippen molar-refractivity contribution in [1.29, 1.82) is 0 Å². The molecule has 0 aliphatic carbocycles. The maximum Gasteiger partial charge on any atom is 0.416 e. The summed E-state index contributed by atoms with van der Waals surface area (Å²) in [6, 6.07) is 8.87. The van der Waals surface area contributed by atoms with Crippen LogP contribution in [-0.2, 0) is 35.2 Å². The molecule has 4 unspecified atom stereocenters. The maximum absolute atomic E-state index is 12.9. The fourth-order valence-corrected chi connectivity index (χ4v) is 5.14. The maximum atomic E-state index is 12.9. The van der Waals surface area contributed by atoms with Crippen molar-refractivity contribution in [3.8, 4) is 0 Å². The summed E-state index contributed by atoms with van der Waals surface area (Å²) in [5.41, 5.74) is -0.593. The molecule has 2 amide bonds. The third kappa shape index (κ3) is 5.95. The predicted octanol–water partition coefficient (Wildman–Crippen LogP) is 2.73. The third-order valence-corrected chi connectivity index (χ3v) is 7.00. The van der Waals surface area contributed by atoms with Crippen molar-refractivity contribution in [1.82, 2.24) is 4.72 Å². The minimum Gasteiger partial charge on any atom is -0.441 e. The normalized spacial score (nSPS) is 23.7. The predicted molar refractivity (Wildman–Crippen MR) is 120 cm³/mol. The zero-order chi connectivity index (χ0) is 26.1. The van der Waals surface area contributed by atoms with E-state index in [0.717, 1.165) is 18.2 Å². The van der Waals surface area contributed by atoms with Crippen LogP contribution >= 0.6 is 0 Å². The second-order valence-corrected chi connectivity index (χ2v) is 9.89. The first-order valence-electron chi connectivity index (χ1n) is 10.7. The number of benzene rings is 2. The molecule has 0 aromatic heterocycles. The molecule has 0 radical (unpaired) electrons. The Morgan fingerprint density at radius 1 is 0.972 bits per heavy atom. The van der Waals surface area contributed by atoms with E-state index in [1.165, 1.54) is 37.3 Å². The lowest BCUT2D eigenvalue weighted by Crippen LogP contribution is -2.44. The van der Waals surface area contributed by atoms with Crippen LogP contribution in [0.4, 0.5) is 29.3 Å². The van der Waals surface area contributed by atoms with Gasteiger partial charge in [-0.3, -0.25) is 10.1 Å². The number of hydrogen-bond acceptors (Lipinski definition) is 7. The number of anilines is 2. The summed E-state index contributed by atoms with van der Waals surface area (Å²) in [6.07, 6.45) is -7.98. The summed E-state index contributed by atoms with van der Waals surface area (Å²) in [5.74, 6) is -0.295. The molecule has 2 fully saturated rings. The first-order chi connectivity index (χ1) is 16.9. The van der Waals surface area contributed by atoms with Crippen molar-refractivity contribution < 1.29 is 45.4 Å². The molecule has 2 aliphatic rings. The standard InChI is InChI=1S/C22H22F3N3O7S/c1-12(29)26-14-5-7-16(8-6-14)36(31,32)28-17-10-33-20-18(11-34-19(17)20)35-21(30)27-15-4-2-3-13(9-15)22(23,24)25/h2-9,17-20,28H,10-11H2,1H3,(H,26,29)(H,27,30). The van der Waals surface area contributed by atoms with E-state index in [9.17, 15) is 31.2 Å². The van der Waals surface area contributed by atoms with Gasteiger partial charge in [0.2, 0.25) is 15.9 Å². The molecule has 10 nitrogen and oxygen atoms in total. The molecule has 4 rings (SSSR count). The van der Waals surface area contributed by atoms with Crippen LogP contribution in [0.3, 0.4) is 0 Å². The Morgan fingerprint density at radius 3 is 2.33 bits per heavy atom. The minimum atomic E-state index is -4.57. The van der Waals surface area contributed by atoms with E-state index in [1.54, 1.807) is 0 Å². The van der Waals surface area contributed by atoms with Gasteiger partial charge in [0.1, 0.15) is 12.2 Å². The van der Waals surface area contributed by atoms with Crippen LogP contribution in [0.15, 0.2) is 53.4 Å². The van der Waals surface area contributed by atoms with E-state index in [4.69, 9.17) is 14.2 Å². The highest BCUT2D eigenvalue weighted by Gasteiger charge is 2.50. The lowest BCUT2D eigenvalue weighted by atomic mass is 10.1. The molecule has 0 spiro atoms. The summed E-state index contributed by atoms with van der Waals surface area (Å²) < 4.78 is 83.2. The van der Waals surface area contributed by atoms with E-state index >= 15 is 0 Å². The smallest absolute Gasteiger partial charge is 0.416 e. The van der Waals surface area contributed by atoms with E-state index in [1.807, 2.05) is 0 Å². The Balaban J connectivity index is 1.34. The largest absolute Gasteiger partial charge is 0.441 e. The number of rotatable bonds is 6. The minimum absolute atomic E-state index is 0.0358. The molecule has 36 heavy (non-hydrogen) atoms. The SMILES string of the molecule is CC(=O)Nc1ccc(S(=O)(=O)NC2COC3C(OC(=O)Nc4cccc(C(F)(F)F)c4)COC23)cc1. The summed E-state index contributed by atoms with van der Waals surface area (Å²) in [5, 5.41) is 4.78. The summed E-state index contributed by atoms with van der Waals surface area (Å²) >= 11 is 0. The van der Waals surface area contributed by atoms with Gasteiger partial charge in [0.15, 0.2) is 6.10 Å². The Morgan fingerprint density at radius 2 is 1.67 bits per heavy atom. The number of amides is 2. The summed E-state index contributed by atoms with van der Waals surface area (Å²) in [6.45, 7) is 1.19. The van der Waals surface area contributed by atoms with E-state index in [-0.39, 0.29) is 29.7 Å². The number of ether oxygens (including phenoxy) is 3. The molecule has 2 aromatic rings. The monoisotopic (exact) mass is 529 g/mol. The molecule has 2 saturated heterocycles. The van der Waals surface area contributed by atoms with Crippen molar-refractivity contribution in [3.63, 3.8) is 0 Å². The second kappa shape index (κ2) is 10.0. The van der Waals surface area contributed by atoms with E-state index in [0.29, 0.717) is 5.69 Å². The highest BCUT2D eigenvalue weighted by atomic mass is 32.2. The number of nitrogens with one attached hydrogen (secondary N) is 3. The van der Waals surface area contributed by atoms with Crippen molar-refractivity contribution in [2.24, 2.45) is 0 Å². The fraction of sp³-hybridized carbons (Fsp3) is 0.364. The zero-order valence-corrected chi connectivity index (χ0v) is 19.6. The van der Waals surface area contributed by atoms with Gasteiger partial charge in [-0.05, 0) is 42.5 Å². The second-order valence-electron chi connectivity index (χ2n) is 8.18. The van der Waals surface area contributed by atoms with Gasteiger partial charge >= 0.3 is 12.3 Å². The highest BCUT2D eigenvalue weighted by molar-refractivity contribution is 7.89. The molecule has 2 aliphatic heterocycles. The Kier molecular flexibility index (Phi) is 7.22. The van der Waals surface area contributed by atoms with Gasteiger partial charge < -0.3 is 19.5 Å². The molecular formula is C22H22F3N3O7S. The van der Waals surface area contributed by atoms with Crippen LogP contribution in [0.2, 0.25) is 0 Å². The van der Waals surface area contributed by atoms with Crippen LogP contribution < -0.4 is 15.4 Å². The number of alkyl halides is 3. The number of hydrogen-bond donors (Lipinski definition) is 3. The zero-order valence-electron chi connectivity index (χ0n) is 18.7. The fourth-order valence-electron chi connectivity index (χ4n) is 3.91. The van der Waals surface area contributed by atoms with Crippen molar-refractivity contribution >= 4 is 33.4 Å². The van der Waals surface area contributed by atoms with E-state index in [2.05, 4.69) is 15.4 Å². The van der Waals surface area contributed by atoms with Crippen molar-refractivity contribution in [3.05, 3.63) is 54.1 Å². The lowest BCUT2D eigenvalue weighted by Gasteiger charge is -2.18. The van der Waals surface area contributed by atoms with Gasteiger partial charge in [-0.1, -0.05) is 6.07 Å². The first kappa shape index (κ1) is 25.9. The first-order valence-corrected chi connectivity index (χ1v) is 12.2. The summed E-state index contributed by atoms with van der Waals surface area (Å²) in [4.78, 5) is 23.3. The molecule has 2 aromatic carbocycles. The van der Waals surface area contributed by atoms with Gasteiger partial charge in [0.25, 0.3) is 0 Å². The van der Waals surface area contributed by atoms with E-state index < -0.39 is 52.2 Å². The van der Waals surface area contributed by atoms with Gasteiger partial charge in [0.05, 0.1) is 29.7 Å². The molecule has 14 heteroatoms. The Bertz CT molecular complexity index is 1240. The number of carbonyl (C=O) groups excluding carboxylic acids is 2. The number of carbonyl (C=O) groups is 2. The molecule has 0 saturated carbocycles. The van der Waals surface area contributed by atoms with Gasteiger partial charge in [0, 0.05) is 18.3 Å².